The molecular weight excluding hydrogens is 291 g/mol. The van der Waals surface area contributed by atoms with Crippen molar-refractivity contribution in [1.82, 2.24) is 9.38 Å². The second-order valence-corrected chi connectivity index (χ2v) is 5.77. The molecule has 21 heavy (non-hydrogen) atoms. The topological polar surface area (TPSA) is 54.6 Å². The van der Waals surface area contributed by atoms with Crippen molar-refractivity contribution in [1.29, 1.82) is 0 Å². The van der Waals surface area contributed by atoms with Crippen LogP contribution >= 0.6 is 11.3 Å². The minimum atomic E-state index is -0.893. The van der Waals surface area contributed by atoms with Gasteiger partial charge < -0.3 is 5.11 Å². The lowest BCUT2D eigenvalue weighted by Crippen LogP contribution is -2.19. The number of rotatable bonds is 5. The van der Waals surface area contributed by atoms with Crippen LogP contribution in [0.2, 0.25) is 0 Å². The van der Waals surface area contributed by atoms with Crippen LogP contribution in [0.3, 0.4) is 0 Å². The van der Waals surface area contributed by atoms with Gasteiger partial charge in [-0.3, -0.25) is 9.20 Å². The minimum Gasteiger partial charge on any atom is -0.481 e. The quantitative estimate of drug-likeness (QED) is 0.788. The summed E-state index contributed by atoms with van der Waals surface area (Å²) >= 11 is 1.50. The summed E-state index contributed by atoms with van der Waals surface area (Å²) in [7, 11) is 0. The van der Waals surface area contributed by atoms with E-state index < -0.39 is 11.9 Å². The van der Waals surface area contributed by atoms with E-state index >= 15 is 0 Å². The van der Waals surface area contributed by atoms with Crippen LogP contribution in [-0.2, 0) is 17.6 Å². The van der Waals surface area contributed by atoms with Crippen LogP contribution < -0.4 is 0 Å². The third-order valence-corrected chi connectivity index (χ3v) is 4.09. The molecule has 0 aliphatic rings. The Hall–Kier alpha value is -2.21. The van der Waals surface area contributed by atoms with E-state index in [0.29, 0.717) is 12.0 Å². The van der Waals surface area contributed by atoms with Gasteiger partial charge in [-0.2, -0.15) is 0 Å². The number of carboxylic acids is 1. The van der Waals surface area contributed by atoms with Crippen LogP contribution in [0.25, 0.3) is 4.96 Å². The zero-order valence-corrected chi connectivity index (χ0v) is 11.9. The van der Waals surface area contributed by atoms with E-state index in [1.807, 2.05) is 22.2 Å². The van der Waals surface area contributed by atoms with Gasteiger partial charge in [-0.05, 0) is 24.1 Å². The van der Waals surface area contributed by atoms with Gasteiger partial charge >= 0.3 is 5.97 Å². The molecule has 0 saturated heterocycles. The summed E-state index contributed by atoms with van der Waals surface area (Å²) in [6, 6.07) is 6.06. The molecule has 0 saturated carbocycles. The molecule has 1 atom stereocenters. The maximum Gasteiger partial charge on any atom is 0.307 e. The summed E-state index contributed by atoms with van der Waals surface area (Å²) in [5, 5.41) is 11.3. The zero-order valence-electron chi connectivity index (χ0n) is 11.1. The van der Waals surface area contributed by atoms with E-state index in [4.69, 9.17) is 0 Å². The monoisotopic (exact) mass is 304 g/mol. The highest BCUT2D eigenvalue weighted by Crippen LogP contribution is 2.18. The SMILES string of the molecule is O=C(O)C(Cc1cccc(F)c1)Cc1cn2ccsc2n1. The molecule has 6 heteroatoms. The number of thiazole rings is 1. The number of carbonyl (C=O) groups is 1. The number of imidazole rings is 1. The number of halogens is 1. The van der Waals surface area contributed by atoms with Crippen LogP contribution in [0.15, 0.2) is 42.0 Å². The van der Waals surface area contributed by atoms with Crippen molar-refractivity contribution < 1.29 is 14.3 Å². The van der Waals surface area contributed by atoms with Crippen molar-refractivity contribution in [3.63, 3.8) is 0 Å². The fourth-order valence-corrected chi connectivity index (χ4v) is 3.04. The lowest BCUT2D eigenvalue weighted by Gasteiger charge is -2.11. The second-order valence-electron chi connectivity index (χ2n) is 4.90. The lowest BCUT2D eigenvalue weighted by atomic mass is 9.95. The first-order chi connectivity index (χ1) is 10.1. The van der Waals surface area contributed by atoms with Crippen LogP contribution in [0.1, 0.15) is 11.3 Å². The third kappa shape index (κ3) is 3.11. The standard InChI is InChI=1S/C15H13FN2O2S/c16-12-3-1-2-10(7-12)6-11(14(19)20)8-13-9-18-4-5-21-15(18)17-13/h1-5,7,9,11H,6,8H2,(H,19,20). The van der Waals surface area contributed by atoms with Gasteiger partial charge in [0.15, 0.2) is 4.96 Å². The third-order valence-electron chi connectivity index (χ3n) is 3.32. The average Bonchev–Trinajstić information content (AvgIpc) is 2.98. The number of hydrogen-bond acceptors (Lipinski definition) is 3. The predicted molar refractivity (Wildman–Crippen MR) is 78.0 cm³/mol. The highest BCUT2D eigenvalue weighted by molar-refractivity contribution is 7.15. The molecule has 0 spiro atoms. The Kier molecular flexibility index (Phi) is 3.70. The number of benzene rings is 1. The largest absolute Gasteiger partial charge is 0.481 e. The Morgan fingerprint density at radius 2 is 2.29 bits per heavy atom. The fourth-order valence-electron chi connectivity index (χ4n) is 2.32. The van der Waals surface area contributed by atoms with E-state index in [1.165, 1.54) is 23.5 Å². The second kappa shape index (κ2) is 5.65. The lowest BCUT2D eigenvalue weighted by molar-refractivity contribution is -0.141. The van der Waals surface area contributed by atoms with E-state index in [2.05, 4.69) is 4.98 Å². The highest BCUT2D eigenvalue weighted by Gasteiger charge is 2.20. The van der Waals surface area contributed by atoms with E-state index in [-0.39, 0.29) is 12.2 Å². The molecule has 0 aliphatic carbocycles. The number of aliphatic carboxylic acids is 1. The Balaban J connectivity index is 1.78. The zero-order chi connectivity index (χ0) is 14.8. The molecule has 0 amide bonds. The molecule has 4 nitrogen and oxygen atoms in total. The van der Waals surface area contributed by atoms with Gasteiger partial charge in [-0.25, -0.2) is 9.37 Å². The summed E-state index contributed by atoms with van der Waals surface area (Å²) in [5.74, 6) is -1.86. The minimum absolute atomic E-state index is 0.290. The molecule has 0 aliphatic heterocycles. The summed E-state index contributed by atoms with van der Waals surface area (Å²) in [4.78, 5) is 16.7. The molecule has 0 bridgehead atoms. The summed E-state index contributed by atoms with van der Waals surface area (Å²) in [6.07, 6.45) is 4.35. The molecule has 2 heterocycles. The predicted octanol–water partition coefficient (Wildman–Crippen LogP) is 3.02. The Labute approximate surface area is 124 Å². The average molecular weight is 304 g/mol. The molecule has 1 N–H and O–H groups in total. The van der Waals surface area contributed by atoms with Gasteiger partial charge in [-0.15, -0.1) is 11.3 Å². The molecule has 3 aromatic rings. The van der Waals surface area contributed by atoms with Gasteiger partial charge in [0.05, 0.1) is 11.6 Å². The molecule has 1 unspecified atom stereocenters. The summed E-state index contributed by atoms with van der Waals surface area (Å²) in [6.45, 7) is 0. The first-order valence-electron chi connectivity index (χ1n) is 6.50. The van der Waals surface area contributed by atoms with Crippen LogP contribution in [0.4, 0.5) is 4.39 Å². The molecule has 0 radical (unpaired) electrons. The van der Waals surface area contributed by atoms with Crippen LogP contribution in [-0.4, -0.2) is 20.5 Å². The van der Waals surface area contributed by atoms with Crippen molar-refractivity contribution in [2.75, 3.05) is 0 Å². The van der Waals surface area contributed by atoms with Crippen molar-refractivity contribution >= 4 is 22.3 Å². The number of aromatic nitrogens is 2. The first kappa shape index (κ1) is 13.8. The molecular formula is C15H13FN2O2S. The number of carboxylic acid groups (broad SMARTS) is 1. The highest BCUT2D eigenvalue weighted by atomic mass is 32.1. The van der Waals surface area contributed by atoms with Crippen molar-refractivity contribution in [3.05, 3.63) is 59.1 Å². The smallest absolute Gasteiger partial charge is 0.307 e. The molecule has 2 aromatic heterocycles. The van der Waals surface area contributed by atoms with Gasteiger partial charge in [-0.1, -0.05) is 12.1 Å². The first-order valence-corrected chi connectivity index (χ1v) is 7.38. The molecule has 108 valence electrons. The van der Waals surface area contributed by atoms with Gasteiger partial charge in [0.2, 0.25) is 0 Å². The van der Waals surface area contributed by atoms with Crippen LogP contribution in [0, 0.1) is 11.7 Å². The van der Waals surface area contributed by atoms with Gasteiger partial charge in [0.1, 0.15) is 5.82 Å². The van der Waals surface area contributed by atoms with Crippen molar-refractivity contribution in [2.45, 2.75) is 12.8 Å². The van der Waals surface area contributed by atoms with E-state index in [1.54, 1.807) is 12.1 Å². The van der Waals surface area contributed by atoms with E-state index in [0.717, 1.165) is 10.7 Å². The number of hydrogen-bond donors (Lipinski definition) is 1. The molecule has 3 rings (SSSR count). The van der Waals surface area contributed by atoms with Crippen LogP contribution in [0.5, 0.6) is 0 Å². The fraction of sp³-hybridized carbons (Fsp3) is 0.200. The van der Waals surface area contributed by atoms with Crippen molar-refractivity contribution in [2.24, 2.45) is 5.92 Å². The Morgan fingerprint density at radius 3 is 3.00 bits per heavy atom. The Morgan fingerprint density at radius 1 is 1.43 bits per heavy atom. The number of fused-ring (bicyclic) bond motifs is 1. The summed E-state index contributed by atoms with van der Waals surface area (Å²) in [5.41, 5.74) is 1.43. The van der Waals surface area contributed by atoms with Gasteiger partial charge in [0, 0.05) is 24.2 Å². The summed E-state index contributed by atoms with van der Waals surface area (Å²) < 4.78 is 15.1. The van der Waals surface area contributed by atoms with E-state index in [9.17, 15) is 14.3 Å². The van der Waals surface area contributed by atoms with Gasteiger partial charge in [0.25, 0.3) is 0 Å². The maximum atomic E-state index is 13.2. The normalized spacial score (nSPS) is 12.6. The molecule has 0 fully saturated rings. The van der Waals surface area contributed by atoms with Crippen molar-refractivity contribution in [3.8, 4) is 0 Å². The number of nitrogens with zero attached hydrogens (tertiary/aromatic N) is 2. The Bertz CT molecular complexity index is 752. The molecule has 1 aromatic carbocycles. The maximum absolute atomic E-state index is 13.2.